The van der Waals surface area contributed by atoms with Crippen molar-refractivity contribution >= 4 is 31.8 Å². The van der Waals surface area contributed by atoms with E-state index in [9.17, 15) is 0 Å². The number of para-hydroxylation sites is 2. The highest BCUT2D eigenvalue weighted by Gasteiger charge is 2.36. The van der Waals surface area contributed by atoms with E-state index in [1.54, 1.807) is 0 Å². The molecule has 0 atom stereocenters. The van der Waals surface area contributed by atoms with Crippen molar-refractivity contribution < 1.29 is 0 Å². The Bertz CT molecular complexity index is 2020. The van der Waals surface area contributed by atoms with Crippen LogP contribution in [0.15, 0.2) is 137 Å². The highest BCUT2D eigenvalue weighted by atomic mass is 32.3. The van der Waals surface area contributed by atoms with Gasteiger partial charge in [-0.3, -0.25) is 0 Å². The summed E-state index contributed by atoms with van der Waals surface area (Å²) in [5.74, 6) is 0.762. The molecule has 1 aliphatic heterocycles. The maximum Gasteiger partial charge on any atom is 0.160 e. The number of nitrogens with zero attached hydrogens (tertiary/aromatic N) is 3. The molecule has 0 aliphatic carbocycles. The minimum absolute atomic E-state index is 0.762. The molecule has 0 N–H and O–H groups in total. The molecule has 0 radical (unpaired) electrons. The first-order valence-electron chi connectivity index (χ1n) is 13.5. The largest absolute Gasteiger partial charge is 0.309 e. The predicted molar refractivity (Wildman–Crippen MR) is 169 cm³/mol. The second kappa shape index (κ2) is 8.67. The normalized spacial score (nSPS) is 14.2. The van der Waals surface area contributed by atoms with E-state index in [2.05, 4.69) is 144 Å². The van der Waals surface area contributed by atoms with Gasteiger partial charge in [0.05, 0.1) is 22.4 Å². The van der Waals surface area contributed by atoms with Gasteiger partial charge < -0.3 is 4.57 Å². The molecule has 192 valence electrons. The lowest BCUT2D eigenvalue weighted by Gasteiger charge is -2.29. The first kappa shape index (κ1) is 23.2. The number of aromatic nitrogens is 3. The number of hydrogen-bond donors (Lipinski definition) is 0. The molecule has 0 saturated carbocycles. The van der Waals surface area contributed by atoms with Crippen molar-refractivity contribution in [3.63, 3.8) is 0 Å². The van der Waals surface area contributed by atoms with E-state index >= 15 is 0 Å². The summed E-state index contributed by atoms with van der Waals surface area (Å²) in [5, 5.41) is 2.53. The van der Waals surface area contributed by atoms with E-state index in [1.165, 1.54) is 37.2 Å². The monoisotopic (exact) mass is 533 g/mol. The molecule has 40 heavy (non-hydrogen) atoms. The smallest absolute Gasteiger partial charge is 0.160 e. The Kier molecular flexibility index (Phi) is 5.04. The number of fused-ring (bicyclic) bond motifs is 6. The van der Waals surface area contributed by atoms with Crippen molar-refractivity contribution in [2.45, 2.75) is 9.79 Å². The number of hydrogen-bond acceptors (Lipinski definition) is 2. The maximum absolute atomic E-state index is 5.26. The SMILES string of the molecule is CS1(C)c2ccccc2-c2nc(-c3ccc(-n4c5ccccc5c5ccccc54)cc3)nc(-c3ccccc3)c21. The van der Waals surface area contributed by atoms with Crippen molar-refractivity contribution in [1.82, 2.24) is 14.5 Å². The summed E-state index contributed by atoms with van der Waals surface area (Å²) in [6, 6.07) is 45.2. The first-order valence-corrected chi connectivity index (χ1v) is 16.0. The molecule has 3 heterocycles. The molecule has 0 spiro atoms. The minimum Gasteiger partial charge on any atom is -0.309 e. The Morgan fingerprint density at radius 3 is 1.80 bits per heavy atom. The topological polar surface area (TPSA) is 30.7 Å². The lowest BCUT2D eigenvalue weighted by atomic mass is 10.1. The zero-order valence-electron chi connectivity index (χ0n) is 22.4. The summed E-state index contributed by atoms with van der Waals surface area (Å²) < 4.78 is 2.34. The summed E-state index contributed by atoms with van der Waals surface area (Å²) in [6.45, 7) is 0. The van der Waals surface area contributed by atoms with Crippen molar-refractivity contribution in [3.8, 4) is 39.6 Å². The van der Waals surface area contributed by atoms with Crippen LogP contribution in [-0.2, 0) is 0 Å². The molecule has 4 heteroatoms. The Balaban J connectivity index is 1.32. The van der Waals surface area contributed by atoms with E-state index in [1.807, 2.05) is 0 Å². The molecule has 3 nitrogen and oxygen atoms in total. The van der Waals surface area contributed by atoms with Gasteiger partial charge in [-0.05, 0) is 55.0 Å². The summed E-state index contributed by atoms with van der Waals surface area (Å²) in [4.78, 5) is 13.2. The molecule has 5 aromatic carbocycles. The Hall–Kier alpha value is -4.67. The van der Waals surface area contributed by atoms with E-state index in [4.69, 9.17) is 9.97 Å². The fourth-order valence-corrected chi connectivity index (χ4v) is 8.85. The molecular formula is C36H27N3S. The van der Waals surface area contributed by atoms with E-state index in [0.717, 1.165) is 34.0 Å². The van der Waals surface area contributed by atoms with Gasteiger partial charge in [0.15, 0.2) is 5.82 Å². The van der Waals surface area contributed by atoms with Gasteiger partial charge in [-0.1, -0.05) is 84.9 Å². The van der Waals surface area contributed by atoms with Crippen LogP contribution in [0.25, 0.3) is 61.4 Å². The second-order valence-electron chi connectivity index (χ2n) is 10.7. The molecular weight excluding hydrogens is 506 g/mol. The van der Waals surface area contributed by atoms with Crippen molar-refractivity contribution in [2.24, 2.45) is 0 Å². The van der Waals surface area contributed by atoms with Gasteiger partial charge >= 0.3 is 0 Å². The van der Waals surface area contributed by atoms with Crippen molar-refractivity contribution in [1.29, 1.82) is 0 Å². The third-order valence-corrected chi connectivity index (χ3v) is 10.9. The summed E-state index contributed by atoms with van der Waals surface area (Å²) in [5.41, 5.74) is 9.05. The molecule has 8 rings (SSSR count). The Labute approximate surface area is 235 Å². The standard InChI is InChI=1S/C36H27N3S/c1-40(2)32-19-11-8-16-29(32)34-35(40)33(24-12-4-3-5-13-24)37-36(38-34)25-20-22-26(23-21-25)39-30-17-9-6-14-27(30)28-15-7-10-18-31(28)39/h3-23H,1-2H3. The Morgan fingerprint density at radius 1 is 0.525 bits per heavy atom. The maximum atomic E-state index is 5.26. The third kappa shape index (κ3) is 3.33. The zero-order valence-corrected chi connectivity index (χ0v) is 23.2. The Morgan fingerprint density at radius 2 is 1.10 bits per heavy atom. The summed E-state index contributed by atoms with van der Waals surface area (Å²) >= 11 is 0. The van der Waals surface area contributed by atoms with Crippen LogP contribution in [0.3, 0.4) is 0 Å². The molecule has 0 fully saturated rings. The average Bonchev–Trinajstić information content (AvgIpc) is 3.47. The highest BCUT2D eigenvalue weighted by molar-refractivity contribution is 8.33. The van der Waals surface area contributed by atoms with Gasteiger partial charge in [0, 0.05) is 42.9 Å². The van der Waals surface area contributed by atoms with Gasteiger partial charge in [0.1, 0.15) is 0 Å². The van der Waals surface area contributed by atoms with Gasteiger partial charge in [0.2, 0.25) is 0 Å². The van der Waals surface area contributed by atoms with Gasteiger partial charge in [0.25, 0.3) is 0 Å². The summed E-state index contributed by atoms with van der Waals surface area (Å²) in [6.07, 6.45) is 4.74. The summed E-state index contributed by atoms with van der Waals surface area (Å²) in [7, 11) is -1.25. The minimum atomic E-state index is -1.25. The average molecular weight is 534 g/mol. The molecule has 0 unspecified atom stereocenters. The molecule has 2 aromatic heterocycles. The second-order valence-corrected chi connectivity index (χ2v) is 14.2. The van der Waals surface area contributed by atoms with Crippen LogP contribution < -0.4 is 0 Å². The predicted octanol–water partition coefficient (Wildman–Crippen LogP) is 9.37. The van der Waals surface area contributed by atoms with E-state index < -0.39 is 10.0 Å². The fraction of sp³-hybridized carbons (Fsp3) is 0.0556. The van der Waals surface area contributed by atoms with E-state index in [-0.39, 0.29) is 0 Å². The molecule has 1 aliphatic rings. The fourth-order valence-electron chi connectivity index (χ4n) is 6.21. The van der Waals surface area contributed by atoms with Crippen LogP contribution in [0.5, 0.6) is 0 Å². The number of rotatable bonds is 3. The van der Waals surface area contributed by atoms with Gasteiger partial charge in [-0.15, -0.1) is 0 Å². The lowest BCUT2D eigenvalue weighted by Crippen LogP contribution is -2.02. The molecule has 0 amide bonds. The van der Waals surface area contributed by atoms with Crippen molar-refractivity contribution in [3.05, 3.63) is 127 Å². The van der Waals surface area contributed by atoms with E-state index in [0.29, 0.717) is 0 Å². The van der Waals surface area contributed by atoms with Crippen LogP contribution in [0.2, 0.25) is 0 Å². The zero-order chi connectivity index (χ0) is 26.8. The van der Waals surface area contributed by atoms with Crippen LogP contribution in [-0.4, -0.2) is 27.0 Å². The first-order chi connectivity index (χ1) is 19.6. The molecule has 0 saturated heterocycles. The van der Waals surface area contributed by atoms with Crippen LogP contribution in [0, 0.1) is 0 Å². The van der Waals surface area contributed by atoms with Crippen LogP contribution >= 0.6 is 10.0 Å². The van der Waals surface area contributed by atoms with Crippen molar-refractivity contribution in [2.75, 3.05) is 12.5 Å². The quantitative estimate of drug-likeness (QED) is 0.226. The number of benzene rings is 5. The highest BCUT2D eigenvalue weighted by Crippen LogP contribution is 2.68. The third-order valence-electron chi connectivity index (χ3n) is 8.08. The van der Waals surface area contributed by atoms with Gasteiger partial charge in [-0.2, -0.15) is 10.0 Å². The van der Waals surface area contributed by atoms with Crippen LogP contribution in [0.4, 0.5) is 0 Å². The lowest BCUT2D eigenvalue weighted by molar-refractivity contribution is 1.12. The molecule has 0 bridgehead atoms. The van der Waals surface area contributed by atoms with Gasteiger partial charge in [-0.25, -0.2) is 9.97 Å². The molecule has 7 aromatic rings. The van der Waals surface area contributed by atoms with Crippen LogP contribution in [0.1, 0.15) is 0 Å².